The number of aromatic nitrogens is 1. The summed E-state index contributed by atoms with van der Waals surface area (Å²) in [6.45, 7) is 13.0. The summed E-state index contributed by atoms with van der Waals surface area (Å²) in [4.78, 5) is 7.25. The largest absolute Gasteiger partial charge is 0.330 e. The molecule has 0 amide bonds. The van der Waals surface area contributed by atoms with Gasteiger partial charge in [0.05, 0.1) is 12.2 Å². The van der Waals surface area contributed by atoms with Gasteiger partial charge in [-0.25, -0.2) is 4.98 Å². The second kappa shape index (κ2) is 7.41. The van der Waals surface area contributed by atoms with Gasteiger partial charge >= 0.3 is 0 Å². The highest BCUT2D eigenvalue weighted by atomic mass is 35.5. The number of nitrogens with zero attached hydrogens (tertiary/aromatic N) is 2. The highest BCUT2D eigenvalue weighted by molar-refractivity contribution is 7.09. The molecule has 2 heterocycles. The van der Waals surface area contributed by atoms with Crippen LogP contribution in [0.2, 0.25) is 0 Å². The number of likely N-dealkylation sites (tertiary alicyclic amines) is 1. The lowest BCUT2D eigenvalue weighted by Gasteiger charge is -2.22. The van der Waals surface area contributed by atoms with Gasteiger partial charge in [-0.3, -0.25) is 4.90 Å². The molecule has 0 radical (unpaired) electrons. The predicted octanol–water partition coefficient (Wildman–Crippen LogP) is 3.45. The molecule has 3 nitrogen and oxygen atoms in total. The SMILES string of the molecule is CC1(CN)CCN(Cc2nc(C(C)(C)C)cs2)C1.Cl.Cl. The maximum absolute atomic E-state index is 5.85. The normalized spacial score (nSPS) is 23.2. The molecule has 0 saturated carbocycles. The summed E-state index contributed by atoms with van der Waals surface area (Å²) in [5, 5.41) is 3.44. The van der Waals surface area contributed by atoms with Crippen LogP contribution in [0.1, 0.15) is 44.8 Å². The Morgan fingerprint density at radius 1 is 1.40 bits per heavy atom. The van der Waals surface area contributed by atoms with Crippen LogP contribution < -0.4 is 5.73 Å². The van der Waals surface area contributed by atoms with Gasteiger partial charge in [0.1, 0.15) is 5.01 Å². The Balaban J connectivity index is 0.00000180. The van der Waals surface area contributed by atoms with Crippen LogP contribution in [0.5, 0.6) is 0 Å². The molecule has 1 aromatic rings. The van der Waals surface area contributed by atoms with Gasteiger partial charge in [0, 0.05) is 17.3 Å². The zero-order chi connectivity index (χ0) is 13.4. The molecule has 1 atom stereocenters. The molecule has 1 saturated heterocycles. The first kappa shape index (κ1) is 20.1. The molecular formula is C14H27Cl2N3S. The fraction of sp³-hybridized carbons (Fsp3) is 0.786. The van der Waals surface area contributed by atoms with Crippen molar-refractivity contribution in [3.63, 3.8) is 0 Å². The van der Waals surface area contributed by atoms with E-state index in [0.717, 1.165) is 26.2 Å². The highest BCUT2D eigenvalue weighted by Gasteiger charge is 2.32. The van der Waals surface area contributed by atoms with Gasteiger partial charge in [0.15, 0.2) is 0 Å². The average Bonchev–Trinajstić information content (AvgIpc) is 2.86. The van der Waals surface area contributed by atoms with Crippen molar-refractivity contribution < 1.29 is 0 Å². The van der Waals surface area contributed by atoms with Gasteiger partial charge < -0.3 is 5.73 Å². The summed E-state index contributed by atoms with van der Waals surface area (Å²) in [6.07, 6.45) is 1.21. The summed E-state index contributed by atoms with van der Waals surface area (Å²) < 4.78 is 0. The molecule has 1 unspecified atom stereocenters. The van der Waals surface area contributed by atoms with Crippen LogP contribution in [-0.2, 0) is 12.0 Å². The zero-order valence-electron chi connectivity index (χ0n) is 12.8. The van der Waals surface area contributed by atoms with E-state index in [4.69, 9.17) is 10.7 Å². The molecular weight excluding hydrogens is 313 g/mol. The molecule has 1 aromatic heterocycles. The monoisotopic (exact) mass is 339 g/mol. The lowest BCUT2D eigenvalue weighted by molar-refractivity contribution is 0.274. The van der Waals surface area contributed by atoms with Gasteiger partial charge in [0.2, 0.25) is 0 Å². The molecule has 118 valence electrons. The third-order valence-corrected chi connectivity index (χ3v) is 4.64. The van der Waals surface area contributed by atoms with Gasteiger partial charge in [-0.05, 0) is 24.9 Å². The minimum absolute atomic E-state index is 0. The average molecular weight is 340 g/mol. The van der Waals surface area contributed by atoms with Crippen molar-refractivity contribution >= 4 is 36.2 Å². The van der Waals surface area contributed by atoms with Gasteiger partial charge in [-0.15, -0.1) is 36.2 Å². The van der Waals surface area contributed by atoms with E-state index in [-0.39, 0.29) is 30.2 Å². The third-order valence-electron chi connectivity index (χ3n) is 3.81. The number of halogens is 2. The van der Waals surface area contributed by atoms with Gasteiger partial charge in [-0.2, -0.15) is 0 Å². The molecule has 0 aliphatic carbocycles. The minimum Gasteiger partial charge on any atom is -0.330 e. The fourth-order valence-electron chi connectivity index (χ4n) is 2.35. The molecule has 20 heavy (non-hydrogen) atoms. The first-order valence-electron chi connectivity index (χ1n) is 6.70. The van der Waals surface area contributed by atoms with E-state index in [0.29, 0.717) is 5.41 Å². The predicted molar refractivity (Wildman–Crippen MR) is 92.4 cm³/mol. The molecule has 0 aromatic carbocycles. The molecule has 6 heteroatoms. The van der Waals surface area contributed by atoms with Crippen LogP contribution in [0.4, 0.5) is 0 Å². The first-order valence-corrected chi connectivity index (χ1v) is 7.58. The molecule has 2 N–H and O–H groups in total. The Morgan fingerprint density at radius 2 is 2.05 bits per heavy atom. The van der Waals surface area contributed by atoms with E-state index >= 15 is 0 Å². The molecule has 1 aliphatic heterocycles. The van der Waals surface area contributed by atoms with Crippen LogP contribution in [0, 0.1) is 5.41 Å². The van der Waals surface area contributed by atoms with E-state index in [1.54, 1.807) is 11.3 Å². The molecule has 1 fully saturated rings. The van der Waals surface area contributed by atoms with Crippen LogP contribution in [-0.4, -0.2) is 29.5 Å². The maximum atomic E-state index is 5.85. The van der Waals surface area contributed by atoms with E-state index in [9.17, 15) is 0 Å². The van der Waals surface area contributed by atoms with Crippen LogP contribution >= 0.6 is 36.2 Å². The fourth-order valence-corrected chi connectivity index (χ4v) is 3.41. The number of hydrogen-bond donors (Lipinski definition) is 1. The van der Waals surface area contributed by atoms with Crippen molar-refractivity contribution in [2.24, 2.45) is 11.1 Å². The Morgan fingerprint density at radius 3 is 2.50 bits per heavy atom. The van der Waals surface area contributed by atoms with E-state index in [2.05, 4.69) is 38.0 Å². The Labute approximate surface area is 139 Å². The zero-order valence-corrected chi connectivity index (χ0v) is 15.3. The Hall–Kier alpha value is 0.130. The van der Waals surface area contributed by atoms with Crippen molar-refractivity contribution in [1.82, 2.24) is 9.88 Å². The summed E-state index contributed by atoms with van der Waals surface area (Å²) in [7, 11) is 0. The van der Waals surface area contributed by atoms with Crippen LogP contribution in [0.3, 0.4) is 0 Å². The van der Waals surface area contributed by atoms with Gasteiger partial charge in [0.25, 0.3) is 0 Å². The van der Waals surface area contributed by atoms with Crippen LogP contribution in [0.15, 0.2) is 5.38 Å². The molecule has 0 bridgehead atoms. The lowest BCUT2D eigenvalue weighted by atomic mass is 9.90. The van der Waals surface area contributed by atoms with E-state index in [1.165, 1.54) is 17.1 Å². The van der Waals surface area contributed by atoms with Crippen molar-refractivity contribution in [1.29, 1.82) is 0 Å². The smallest absolute Gasteiger partial charge is 0.107 e. The van der Waals surface area contributed by atoms with Crippen molar-refractivity contribution in [2.45, 2.75) is 46.1 Å². The second-order valence-corrected chi connectivity index (χ2v) is 7.79. The lowest BCUT2D eigenvalue weighted by Crippen LogP contribution is -2.31. The summed E-state index contributed by atoms with van der Waals surface area (Å²) in [5.74, 6) is 0. The second-order valence-electron chi connectivity index (χ2n) is 6.85. The van der Waals surface area contributed by atoms with Crippen LogP contribution in [0.25, 0.3) is 0 Å². The van der Waals surface area contributed by atoms with E-state index in [1.807, 2.05) is 0 Å². The number of thiazole rings is 1. The van der Waals surface area contributed by atoms with Crippen molar-refractivity contribution in [3.8, 4) is 0 Å². The third kappa shape index (κ3) is 4.85. The number of rotatable bonds is 3. The Kier molecular flexibility index (Phi) is 7.46. The maximum Gasteiger partial charge on any atom is 0.107 e. The molecule has 1 aliphatic rings. The summed E-state index contributed by atoms with van der Waals surface area (Å²) in [6, 6.07) is 0. The highest BCUT2D eigenvalue weighted by Crippen LogP contribution is 2.30. The summed E-state index contributed by atoms with van der Waals surface area (Å²) >= 11 is 1.79. The minimum atomic E-state index is 0. The topological polar surface area (TPSA) is 42.1 Å². The Bertz CT molecular complexity index is 417. The first-order chi connectivity index (χ1) is 8.32. The van der Waals surface area contributed by atoms with E-state index < -0.39 is 0 Å². The standard InChI is InChI=1S/C14H25N3S.2ClH/c1-13(2,3)11-8-18-12(16-11)7-17-6-5-14(4,9-15)10-17;;/h8H,5-7,9-10,15H2,1-4H3;2*1H. The summed E-state index contributed by atoms with van der Waals surface area (Å²) in [5.41, 5.74) is 7.52. The molecule has 2 rings (SSSR count). The van der Waals surface area contributed by atoms with Crippen molar-refractivity contribution in [2.75, 3.05) is 19.6 Å². The van der Waals surface area contributed by atoms with Gasteiger partial charge in [-0.1, -0.05) is 27.7 Å². The molecule has 0 spiro atoms. The quantitative estimate of drug-likeness (QED) is 0.916. The number of hydrogen-bond acceptors (Lipinski definition) is 4. The number of nitrogens with two attached hydrogens (primary N) is 1. The van der Waals surface area contributed by atoms with Crippen molar-refractivity contribution in [3.05, 3.63) is 16.1 Å².